The van der Waals surface area contributed by atoms with Crippen LogP contribution < -0.4 is 4.74 Å². The zero-order valence-corrected chi connectivity index (χ0v) is 15.5. The summed E-state index contributed by atoms with van der Waals surface area (Å²) in [5.74, 6) is 0.711. The Kier molecular flexibility index (Phi) is 3.35. The summed E-state index contributed by atoms with van der Waals surface area (Å²) in [4.78, 5) is 20.7. The number of methoxy groups -OCH3 is 2. The number of benzene rings is 1. The molecule has 5 nitrogen and oxygen atoms in total. The monoisotopic (exact) mass is 352 g/mol. The molecule has 2 saturated heterocycles. The molecule has 0 radical (unpaired) electrons. The average molecular weight is 352 g/mol. The third-order valence-electron chi connectivity index (χ3n) is 7.04. The lowest BCUT2D eigenvalue weighted by Crippen LogP contribution is -2.68. The van der Waals surface area contributed by atoms with Crippen molar-refractivity contribution in [3.8, 4) is 5.75 Å². The number of piperidine rings is 2. The fourth-order valence-corrected chi connectivity index (χ4v) is 5.97. The van der Waals surface area contributed by atoms with Crippen LogP contribution in [0.1, 0.15) is 25.3 Å². The Morgan fingerprint density at radius 2 is 2.23 bits per heavy atom. The number of carbonyl (C=O) groups is 1. The maximum Gasteiger partial charge on any atom is 0.310 e. The first-order valence-corrected chi connectivity index (χ1v) is 9.39. The molecule has 5 rings (SSSR count). The number of carbonyl (C=O) groups excluding carboxylic acids is 1. The minimum absolute atomic E-state index is 0.105. The number of esters is 1. The van der Waals surface area contributed by atoms with Gasteiger partial charge in [-0.25, -0.2) is 0 Å². The fraction of sp³-hybridized carbons (Fsp3) is 0.524. The Balaban J connectivity index is 1.79. The zero-order chi connectivity index (χ0) is 18.1. The molecule has 1 aromatic rings. The number of aliphatic imine (C=N–C) groups is 1. The number of allylic oxidation sites excluding steroid dienone is 1. The summed E-state index contributed by atoms with van der Waals surface area (Å²) in [6.07, 6.45) is 4.07. The van der Waals surface area contributed by atoms with E-state index in [1.807, 2.05) is 12.1 Å². The van der Waals surface area contributed by atoms with Crippen molar-refractivity contribution in [2.45, 2.75) is 31.2 Å². The van der Waals surface area contributed by atoms with Crippen molar-refractivity contribution in [2.75, 3.05) is 27.3 Å². The molecule has 0 N–H and O–H groups in total. The second-order valence-corrected chi connectivity index (χ2v) is 7.77. The van der Waals surface area contributed by atoms with Gasteiger partial charge in [-0.2, -0.15) is 0 Å². The maximum absolute atomic E-state index is 13.1. The van der Waals surface area contributed by atoms with Crippen LogP contribution in [0.5, 0.6) is 5.75 Å². The van der Waals surface area contributed by atoms with Gasteiger partial charge in [0.15, 0.2) is 0 Å². The third-order valence-corrected chi connectivity index (χ3v) is 7.04. The topological polar surface area (TPSA) is 51.1 Å². The predicted molar refractivity (Wildman–Crippen MR) is 99.1 cm³/mol. The Bertz CT molecular complexity index is 859. The van der Waals surface area contributed by atoms with Gasteiger partial charge in [0.25, 0.3) is 0 Å². The van der Waals surface area contributed by atoms with Crippen LogP contribution in [-0.2, 0) is 14.9 Å². The Morgan fingerprint density at radius 1 is 1.38 bits per heavy atom. The molecule has 26 heavy (non-hydrogen) atoms. The quantitative estimate of drug-likeness (QED) is 0.607. The molecule has 1 saturated carbocycles. The van der Waals surface area contributed by atoms with Crippen LogP contribution in [0.15, 0.2) is 34.8 Å². The third kappa shape index (κ3) is 1.74. The molecule has 3 aliphatic heterocycles. The van der Waals surface area contributed by atoms with Crippen molar-refractivity contribution >= 4 is 17.4 Å². The van der Waals surface area contributed by atoms with E-state index in [1.165, 1.54) is 12.7 Å². The first-order chi connectivity index (χ1) is 12.7. The highest BCUT2D eigenvalue weighted by molar-refractivity contribution is 6.10. The lowest BCUT2D eigenvalue weighted by Gasteiger charge is -2.59. The number of nitrogens with zero attached hydrogens (tertiary/aromatic N) is 2. The number of para-hydroxylation sites is 1. The summed E-state index contributed by atoms with van der Waals surface area (Å²) in [5, 5.41) is 0. The summed E-state index contributed by atoms with van der Waals surface area (Å²) < 4.78 is 10.9. The standard InChI is InChI=1S/C21H24N2O3/c1-4-12-11-23-9-8-21-14-6-5-7-16(25-2)18(14)22-19(21)15(23)10-13(12)17(21)20(24)26-3/h4-7,13,15,17H,8-11H2,1-3H3/b12-4-/t13-,15-,17-,21-/m0/s1. The van der Waals surface area contributed by atoms with Crippen molar-refractivity contribution in [3.05, 3.63) is 35.4 Å². The van der Waals surface area contributed by atoms with Gasteiger partial charge in [-0.3, -0.25) is 14.7 Å². The zero-order valence-electron chi connectivity index (χ0n) is 15.5. The molecule has 4 atom stereocenters. The van der Waals surface area contributed by atoms with Crippen LogP contribution >= 0.6 is 0 Å². The van der Waals surface area contributed by atoms with Crippen molar-refractivity contribution < 1.29 is 14.3 Å². The van der Waals surface area contributed by atoms with E-state index < -0.39 is 0 Å². The summed E-state index contributed by atoms with van der Waals surface area (Å²) in [7, 11) is 3.20. The predicted octanol–water partition coefficient (Wildman–Crippen LogP) is 2.86. The first-order valence-electron chi connectivity index (χ1n) is 9.39. The SMILES string of the molecule is C/C=C1/CN2CC[C@]34C(=Nc5c(OC)cccc53)[C@@H]2C[C@@H]1[C@H]4C(=O)OC. The molecule has 3 heterocycles. The molecule has 5 heteroatoms. The molecule has 0 unspecified atom stereocenters. The molecular weight excluding hydrogens is 328 g/mol. The highest BCUT2D eigenvalue weighted by Gasteiger charge is 2.65. The average Bonchev–Trinajstić information content (AvgIpc) is 3.03. The number of hydrogen-bond donors (Lipinski definition) is 0. The Hall–Kier alpha value is -2.14. The van der Waals surface area contributed by atoms with E-state index in [1.54, 1.807) is 7.11 Å². The summed E-state index contributed by atoms with van der Waals surface area (Å²) in [6, 6.07) is 6.43. The maximum atomic E-state index is 13.1. The molecule has 136 valence electrons. The summed E-state index contributed by atoms with van der Waals surface area (Å²) in [6.45, 7) is 4.01. The van der Waals surface area contributed by atoms with Gasteiger partial charge in [0.05, 0.1) is 25.6 Å². The van der Waals surface area contributed by atoms with Gasteiger partial charge in [0, 0.05) is 24.8 Å². The van der Waals surface area contributed by atoms with Gasteiger partial charge in [-0.05, 0) is 37.3 Å². The molecule has 0 amide bonds. The van der Waals surface area contributed by atoms with E-state index in [2.05, 4.69) is 24.0 Å². The molecule has 4 aliphatic rings. The second-order valence-electron chi connectivity index (χ2n) is 7.77. The minimum atomic E-state index is -0.351. The molecular formula is C21H24N2O3. The van der Waals surface area contributed by atoms with Gasteiger partial charge in [-0.15, -0.1) is 0 Å². The Morgan fingerprint density at radius 3 is 2.96 bits per heavy atom. The Labute approximate surface area is 153 Å². The summed E-state index contributed by atoms with van der Waals surface area (Å²) >= 11 is 0. The molecule has 0 spiro atoms. The van der Waals surface area contributed by atoms with E-state index in [4.69, 9.17) is 14.5 Å². The molecule has 1 aliphatic carbocycles. The smallest absolute Gasteiger partial charge is 0.310 e. The summed E-state index contributed by atoms with van der Waals surface area (Å²) in [5.41, 5.74) is 4.23. The number of fused-ring (bicyclic) bond motifs is 2. The highest BCUT2D eigenvalue weighted by atomic mass is 16.5. The van der Waals surface area contributed by atoms with E-state index in [-0.39, 0.29) is 23.2 Å². The van der Waals surface area contributed by atoms with Crippen LogP contribution in [0.25, 0.3) is 0 Å². The van der Waals surface area contributed by atoms with Gasteiger partial charge >= 0.3 is 5.97 Å². The molecule has 3 bridgehead atoms. The van der Waals surface area contributed by atoms with E-state index in [9.17, 15) is 4.79 Å². The van der Waals surface area contributed by atoms with Crippen molar-refractivity contribution in [1.82, 2.24) is 4.90 Å². The lowest BCUT2D eigenvalue weighted by molar-refractivity contribution is -0.151. The van der Waals surface area contributed by atoms with Crippen molar-refractivity contribution in [2.24, 2.45) is 16.8 Å². The van der Waals surface area contributed by atoms with Crippen LogP contribution in [0, 0.1) is 11.8 Å². The van der Waals surface area contributed by atoms with E-state index in [0.717, 1.165) is 48.6 Å². The van der Waals surface area contributed by atoms with Gasteiger partial charge < -0.3 is 9.47 Å². The van der Waals surface area contributed by atoms with Crippen molar-refractivity contribution in [3.63, 3.8) is 0 Å². The lowest BCUT2D eigenvalue weighted by atomic mass is 9.51. The largest absolute Gasteiger partial charge is 0.494 e. The normalized spacial score (nSPS) is 35.7. The number of ether oxygens (including phenoxy) is 2. The van der Waals surface area contributed by atoms with Gasteiger partial charge in [0.2, 0.25) is 0 Å². The number of hydrogen-bond acceptors (Lipinski definition) is 5. The van der Waals surface area contributed by atoms with E-state index in [0.29, 0.717) is 6.04 Å². The second kappa shape index (κ2) is 5.43. The van der Waals surface area contributed by atoms with Crippen molar-refractivity contribution in [1.29, 1.82) is 0 Å². The van der Waals surface area contributed by atoms with Gasteiger partial charge in [0.1, 0.15) is 11.4 Å². The minimum Gasteiger partial charge on any atom is -0.494 e. The fourth-order valence-electron chi connectivity index (χ4n) is 5.97. The highest BCUT2D eigenvalue weighted by Crippen LogP contribution is 2.61. The molecule has 3 fully saturated rings. The first kappa shape index (κ1) is 16.1. The van der Waals surface area contributed by atoms with Crippen LogP contribution in [0.2, 0.25) is 0 Å². The van der Waals surface area contributed by atoms with Crippen LogP contribution in [-0.4, -0.2) is 49.9 Å². The van der Waals surface area contributed by atoms with Gasteiger partial charge in [-0.1, -0.05) is 23.8 Å². The number of rotatable bonds is 2. The molecule has 1 aromatic carbocycles. The van der Waals surface area contributed by atoms with E-state index >= 15 is 0 Å². The molecule has 0 aromatic heterocycles. The van der Waals surface area contributed by atoms with Crippen LogP contribution in [0.3, 0.4) is 0 Å². The van der Waals surface area contributed by atoms with Crippen LogP contribution in [0.4, 0.5) is 5.69 Å².